The number of nitrogens with one attached hydrogen (secondary N) is 1. The summed E-state index contributed by atoms with van der Waals surface area (Å²) in [5.41, 5.74) is -0.509. The van der Waals surface area contributed by atoms with Crippen molar-refractivity contribution in [3.8, 4) is 0 Å². The first-order valence-corrected chi connectivity index (χ1v) is 32.1. The molecule has 0 spiro atoms. The van der Waals surface area contributed by atoms with Gasteiger partial charge in [-0.1, -0.05) is 195 Å². The van der Waals surface area contributed by atoms with Gasteiger partial charge >= 0.3 is 6.09 Å². The Labute approximate surface area is 418 Å². The van der Waals surface area contributed by atoms with Crippen molar-refractivity contribution in [1.29, 1.82) is 0 Å². The summed E-state index contributed by atoms with van der Waals surface area (Å²) in [6.45, 7) is 20.9. The Bertz CT molecular complexity index is 1200. The van der Waals surface area contributed by atoms with Crippen molar-refractivity contribution in [3.63, 3.8) is 0 Å². The molecule has 0 aromatic carbocycles. The molecule has 0 radical (unpaired) electrons. The van der Waals surface area contributed by atoms with Crippen molar-refractivity contribution in [2.45, 2.75) is 285 Å². The molecule has 1 N–H and O–H groups in total. The second kappa shape index (κ2) is 45.0. The number of nitrogens with zero attached hydrogens (tertiary/aromatic N) is 3. The average Bonchev–Trinajstić information content (AvgIpc) is 3.27. The highest BCUT2D eigenvalue weighted by Gasteiger charge is 2.22. The van der Waals surface area contributed by atoms with E-state index in [-0.39, 0.29) is 17.6 Å². The number of hydrogen-bond acceptors (Lipinski definition) is 7. The van der Waals surface area contributed by atoms with Gasteiger partial charge in [0.1, 0.15) is 5.60 Å². The number of sulfonamides is 2. The molecule has 0 fully saturated rings. The van der Waals surface area contributed by atoms with Crippen LogP contribution < -0.4 is 5.32 Å². The first-order valence-electron chi connectivity index (χ1n) is 28.9. The molecule has 0 aliphatic rings. The van der Waals surface area contributed by atoms with E-state index >= 15 is 0 Å². The van der Waals surface area contributed by atoms with Gasteiger partial charge in [-0.05, 0) is 105 Å². The second-order valence-corrected chi connectivity index (χ2v) is 25.2. The average molecular weight is 992 g/mol. The summed E-state index contributed by atoms with van der Waals surface area (Å²) in [5, 5.41) is 2.90. The monoisotopic (exact) mass is 991 g/mol. The minimum atomic E-state index is -3.24. The fourth-order valence-electron chi connectivity index (χ4n) is 8.91. The largest absolute Gasteiger partial charge is 0.444 e. The molecule has 0 aliphatic carbocycles. The van der Waals surface area contributed by atoms with Crippen molar-refractivity contribution in [1.82, 2.24) is 18.8 Å². The maximum Gasteiger partial charge on any atom is 0.407 e. The Balaban J connectivity index is 5.00. The zero-order valence-electron chi connectivity index (χ0n) is 45.6. The molecule has 1 amide bonds. The molecule has 0 saturated heterocycles. The van der Waals surface area contributed by atoms with Gasteiger partial charge in [0.2, 0.25) is 20.0 Å². The lowest BCUT2D eigenvalue weighted by Gasteiger charge is -2.23. The van der Waals surface area contributed by atoms with E-state index in [1.54, 1.807) is 0 Å². The summed E-state index contributed by atoms with van der Waals surface area (Å²) >= 11 is 0. The van der Waals surface area contributed by atoms with Gasteiger partial charge in [-0.3, -0.25) is 0 Å². The Morgan fingerprint density at radius 1 is 0.373 bits per heavy atom. The number of ether oxygens (including phenoxy) is 1. The molecule has 0 rings (SSSR count). The van der Waals surface area contributed by atoms with Crippen LogP contribution in [0.5, 0.6) is 0 Å². The van der Waals surface area contributed by atoms with E-state index in [4.69, 9.17) is 4.74 Å². The van der Waals surface area contributed by atoms with Gasteiger partial charge in [0.15, 0.2) is 0 Å². The van der Waals surface area contributed by atoms with E-state index in [1.165, 1.54) is 103 Å². The second-order valence-electron chi connectivity index (χ2n) is 21.0. The van der Waals surface area contributed by atoms with Crippen LogP contribution in [0.25, 0.3) is 0 Å². The number of rotatable bonds is 51. The van der Waals surface area contributed by atoms with Crippen LogP contribution in [0.1, 0.15) is 280 Å². The van der Waals surface area contributed by atoms with Crippen LogP contribution in [0.4, 0.5) is 4.79 Å². The van der Waals surface area contributed by atoms with Crippen LogP contribution >= 0.6 is 0 Å². The maximum atomic E-state index is 13.5. The third kappa shape index (κ3) is 42.4. The molecule has 0 bridgehead atoms. The van der Waals surface area contributed by atoms with Crippen LogP contribution in [-0.2, 0) is 24.8 Å². The Kier molecular flexibility index (Phi) is 44.3. The van der Waals surface area contributed by atoms with Crippen molar-refractivity contribution >= 4 is 26.1 Å². The number of alkyl carbamates (subject to hydrolysis) is 1. The summed E-state index contributed by atoms with van der Waals surface area (Å²) in [5.74, 6) is 0.537. The quantitative estimate of drug-likeness (QED) is 0.0603. The smallest absolute Gasteiger partial charge is 0.407 e. The predicted octanol–water partition coefficient (Wildman–Crippen LogP) is 15.2. The fraction of sp³-hybridized carbons (Fsp3) is 0.982. The van der Waals surface area contributed by atoms with E-state index in [2.05, 4.69) is 37.9 Å². The van der Waals surface area contributed by atoms with Crippen LogP contribution in [0.15, 0.2) is 0 Å². The highest BCUT2D eigenvalue weighted by Crippen LogP contribution is 2.17. The van der Waals surface area contributed by atoms with Crippen LogP contribution in [0.3, 0.4) is 0 Å². The number of hydrogen-bond donors (Lipinski definition) is 1. The molecule has 12 heteroatoms. The molecule has 67 heavy (non-hydrogen) atoms. The van der Waals surface area contributed by atoms with E-state index in [9.17, 15) is 21.6 Å². The van der Waals surface area contributed by atoms with E-state index in [0.717, 1.165) is 148 Å². The molecule has 0 saturated carbocycles. The minimum absolute atomic E-state index is 0.269. The Morgan fingerprint density at radius 3 is 0.925 bits per heavy atom. The topological polar surface area (TPSA) is 116 Å². The molecule has 0 heterocycles. The number of carbonyl (C=O) groups excluding carboxylic acids is 1. The lowest BCUT2D eigenvalue weighted by Crippen LogP contribution is -2.35. The first kappa shape index (κ1) is 66.0. The standard InChI is InChI=1S/C55H114N4O6S2/c1-8-12-16-20-28-37-48-58(49-38-29-21-17-13-9-2)66(61,62)52-42-32-24-26-35-45-57(47-41-34-44-56-54(60)65-55(5,6)7)46-36-27-25-33-43-53-67(63,64)59(50-39-30-22-18-14-10-3)51-40-31-23-19-15-11-4/h8-53H2,1-7H3,(H,56,60). The summed E-state index contributed by atoms with van der Waals surface area (Å²) in [6, 6.07) is 0. The summed E-state index contributed by atoms with van der Waals surface area (Å²) in [4.78, 5) is 14.7. The molecule has 402 valence electrons. The summed E-state index contributed by atoms with van der Waals surface area (Å²) < 4.78 is 63.2. The normalized spacial score (nSPS) is 12.6. The van der Waals surface area contributed by atoms with Crippen LogP contribution in [0.2, 0.25) is 0 Å². The van der Waals surface area contributed by atoms with E-state index < -0.39 is 25.6 Å². The zero-order chi connectivity index (χ0) is 49.8. The third-order valence-corrected chi connectivity index (χ3v) is 17.1. The van der Waals surface area contributed by atoms with E-state index in [0.29, 0.717) is 32.7 Å². The number of unbranched alkanes of at least 4 members (excludes halogenated alkanes) is 29. The van der Waals surface area contributed by atoms with Crippen molar-refractivity contribution in [3.05, 3.63) is 0 Å². The van der Waals surface area contributed by atoms with Gasteiger partial charge in [-0.2, -0.15) is 0 Å². The molecule has 0 aliphatic heterocycles. The van der Waals surface area contributed by atoms with Crippen LogP contribution in [0, 0.1) is 0 Å². The highest BCUT2D eigenvalue weighted by molar-refractivity contribution is 7.89. The van der Waals surface area contributed by atoms with Gasteiger partial charge in [-0.15, -0.1) is 0 Å². The van der Waals surface area contributed by atoms with Gasteiger partial charge < -0.3 is 15.0 Å². The molecule has 0 atom stereocenters. The van der Waals surface area contributed by atoms with Gasteiger partial charge in [0, 0.05) is 32.7 Å². The first-order chi connectivity index (χ1) is 32.2. The number of carbonyl (C=O) groups is 1. The molecule has 0 unspecified atom stereocenters. The van der Waals surface area contributed by atoms with Gasteiger partial charge in [-0.25, -0.2) is 30.2 Å². The predicted molar refractivity (Wildman–Crippen MR) is 290 cm³/mol. The van der Waals surface area contributed by atoms with Gasteiger partial charge in [0.25, 0.3) is 0 Å². The van der Waals surface area contributed by atoms with E-state index in [1.807, 2.05) is 29.4 Å². The molecule has 10 nitrogen and oxygen atoms in total. The summed E-state index contributed by atoms with van der Waals surface area (Å²) in [6.07, 6.45) is 39.5. The Hall–Kier alpha value is -0.950. The number of amides is 1. The maximum absolute atomic E-state index is 13.5. The highest BCUT2D eigenvalue weighted by atomic mass is 32.2. The fourth-order valence-corrected chi connectivity index (χ4v) is 12.2. The zero-order valence-corrected chi connectivity index (χ0v) is 47.3. The van der Waals surface area contributed by atoms with Gasteiger partial charge in [0.05, 0.1) is 11.5 Å². The van der Waals surface area contributed by atoms with Crippen molar-refractivity contribution < 1.29 is 26.4 Å². The molecular weight excluding hydrogens is 877 g/mol. The van der Waals surface area contributed by atoms with Crippen LogP contribution in [-0.4, -0.2) is 106 Å². The molecular formula is C55H114N4O6S2. The summed E-state index contributed by atoms with van der Waals surface area (Å²) in [7, 11) is -6.48. The van der Waals surface area contributed by atoms with Crippen molar-refractivity contribution in [2.75, 3.05) is 63.9 Å². The van der Waals surface area contributed by atoms with Crippen molar-refractivity contribution in [2.24, 2.45) is 0 Å². The SMILES string of the molecule is CCCCCCCCN(CCCCCCCC)S(=O)(=O)CCCCCCCN(CCCCCCCS(=O)(=O)N(CCCCCCCC)CCCCCCCC)CCCCNC(=O)OC(C)(C)C. The third-order valence-electron chi connectivity index (χ3n) is 13.2. The minimum Gasteiger partial charge on any atom is -0.444 e. The lowest BCUT2D eigenvalue weighted by molar-refractivity contribution is 0.0526. The molecule has 0 aromatic rings. The lowest BCUT2D eigenvalue weighted by atomic mass is 10.1. The molecule has 0 aromatic heterocycles. The Morgan fingerprint density at radius 2 is 0.627 bits per heavy atom.